The van der Waals surface area contributed by atoms with E-state index in [0.717, 1.165) is 34.5 Å². The Kier molecular flexibility index (Phi) is 4.08. The summed E-state index contributed by atoms with van der Waals surface area (Å²) in [5.74, 6) is 2.37. The van der Waals surface area contributed by atoms with Crippen LogP contribution < -0.4 is 9.30 Å². The SMILES string of the molecule is Cc1cc2cc(CC(C)C)cc3c2c(c1C)-c1c(cc2cc(C#N)ccc2[n+]1C)O3. The van der Waals surface area contributed by atoms with Gasteiger partial charge in [0.05, 0.1) is 22.6 Å². The standard InChI is InChI=1S/C27H25N2O/c1-15(2)8-19-11-21-9-16(3)17(4)25-26(21)23(12-19)30-24-13-20-10-18(14-28)6-7-22(20)29(5)27(24)25/h6-7,9-13,15H,8H2,1-5H3/q+1. The van der Waals surface area contributed by atoms with Gasteiger partial charge < -0.3 is 4.74 Å². The van der Waals surface area contributed by atoms with Crippen LogP contribution in [0.5, 0.6) is 11.5 Å². The molecule has 1 aliphatic rings. The van der Waals surface area contributed by atoms with Crippen LogP contribution in [0.4, 0.5) is 0 Å². The van der Waals surface area contributed by atoms with Crippen molar-refractivity contribution in [1.82, 2.24) is 0 Å². The molecule has 4 aromatic rings. The fourth-order valence-corrected chi connectivity index (χ4v) is 4.80. The summed E-state index contributed by atoms with van der Waals surface area (Å²) >= 11 is 0. The summed E-state index contributed by atoms with van der Waals surface area (Å²) in [6, 6.07) is 17.0. The van der Waals surface area contributed by atoms with Crippen LogP contribution in [0, 0.1) is 31.1 Å². The Labute approximate surface area is 177 Å². The minimum absolute atomic E-state index is 0.586. The van der Waals surface area contributed by atoms with Crippen molar-refractivity contribution in [1.29, 1.82) is 5.26 Å². The van der Waals surface area contributed by atoms with Gasteiger partial charge in [-0.25, -0.2) is 0 Å². The van der Waals surface area contributed by atoms with Crippen LogP contribution in [-0.4, -0.2) is 0 Å². The molecule has 1 aliphatic heterocycles. The molecule has 2 heterocycles. The number of aryl methyl sites for hydroxylation is 2. The molecule has 3 heteroatoms. The predicted octanol–water partition coefficient (Wildman–Crippen LogP) is 6.28. The Morgan fingerprint density at radius 1 is 1.00 bits per heavy atom. The predicted molar refractivity (Wildman–Crippen MR) is 121 cm³/mol. The number of nitrogens with zero attached hydrogens (tertiary/aromatic N) is 2. The Bertz CT molecular complexity index is 1410. The lowest BCUT2D eigenvalue weighted by Crippen LogP contribution is -2.33. The minimum Gasteiger partial charge on any atom is -0.450 e. The van der Waals surface area contributed by atoms with E-state index in [9.17, 15) is 5.26 Å². The minimum atomic E-state index is 0.586. The molecule has 0 bridgehead atoms. The van der Waals surface area contributed by atoms with Crippen LogP contribution in [0.25, 0.3) is 32.9 Å². The second-order valence-corrected chi connectivity index (χ2v) is 8.89. The Morgan fingerprint density at radius 3 is 2.53 bits per heavy atom. The van der Waals surface area contributed by atoms with E-state index < -0.39 is 0 Å². The lowest BCUT2D eigenvalue weighted by atomic mass is 9.88. The van der Waals surface area contributed by atoms with Crippen molar-refractivity contribution in [3.8, 4) is 28.8 Å². The highest BCUT2D eigenvalue weighted by molar-refractivity contribution is 6.05. The number of rotatable bonds is 2. The van der Waals surface area contributed by atoms with Gasteiger partial charge in [0.25, 0.3) is 5.69 Å². The molecule has 148 valence electrons. The summed E-state index contributed by atoms with van der Waals surface area (Å²) in [5, 5.41) is 12.8. The first kappa shape index (κ1) is 18.6. The van der Waals surface area contributed by atoms with Crippen molar-refractivity contribution in [3.05, 3.63) is 64.7 Å². The summed E-state index contributed by atoms with van der Waals surface area (Å²) in [7, 11) is 2.09. The number of pyridine rings is 1. The third kappa shape index (κ3) is 2.68. The summed E-state index contributed by atoms with van der Waals surface area (Å²) in [6.45, 7) is 8.89. The quantitative estimate of drug-likeness (QED) is 0.331. The molecule has 1 aromatic heterocycles. The maximum atomic E-state index is 9.32. The number of benzene rings is 3. The lowest BCUT2D eigenvalue weighted by Gasteiger charge is -2.23. The van der Waals surface area contributed by atoms with Gasteiger partial charge in [-0.2, -0.15) is 9.83 Å². The molecule has 5 rings (SSSR count). The van der Waals surface area contributed by atoms with Crippen molar-refractivity contribution in [3.63, 3.8) is 0 Å². The third-order valence-corrected chi connectivity index (χ3v) is 6.26. The highest BCUT2D eigenvalue weighted by Crippen LogP contribution is 2.48. The van der Waals surface area contributed by atoms with Crippen LogP contribution in [0.1, 0.15) is 36.1 Å². The van der Waals surface area contributed by atoms with Gasteiger partial charge in [0, 0.05) is 17.5 Å². The second-order valence-electron chi connectivity index (χ2n) is 8.89. The smallest absolute Gasteiger partial charge is 0.256 e. The first-order valence-corrected chi connectivity index (χ1v) is 10.5. The van der Waals surface area contributed by atoms with Gasteiger partial charge in [0.2, 0.25) is 5.52 Å². The van der Waals surface area contributed by atoms with Gasteiger partial charge in [-0.15, -0.1) is 0 Å². The van der Waals surface area contributed by atoms with Gasteiger partial charge in [0.1, 0.15) is 12.8 Å². The normalized spacial score (nSPS) is 12.2. The molecular formula is C27H25N2O+. The van der Waals surface area contributed by atoms with E-state index in [1.54, 1.807) is 0 Å². The molecule has 0 radical (unpaired) electrons. The molecule has 0 N–H and O–H groups in total. The molecule has 0 unspecified atom stereocenters. The maximum Gasteiger partial charge on any atom is 0.256 e. The largest absolute Gasteiger partial charge is 0.450 e. The monoisotopic (exact) mass is 393 g/mol. The fraction of sp³-hybridized carbons (Fsp3) is 0.259. The van der Waals surface area contributed by atoms with E-state index in [4.69, 9.17) is 4.74 Å². The van der Waals surface area contributed by atoms with E-state index in [1.807, 2.05) is 18.2 Å². The summed E-state index contributed by atoms with van der Waals surface area (Å²) < 4.78 is 8.73. The Hall–Kier alpha value is -3.38. The lowest BCUT2D eigenvalue weighted by molar-refractivity contribution is -0.633. The number of hydrogen-bond acceptors (Lipinski definition) is 2. The van der Waals surface area contributed by atoms with Crippen LogP contribution in [0.15, 0.2) is 42.5 Å². The van der Waals surface area contributed by atoms with Gasteiger partial charge in [0.15, 0.2) is 5.75 Å². The number of hydrogen-bond donors (Lipinski definition) is 0. The molecule has 0 saturated heterocycles. The van der Waals surface area contributed by atoms with E-state index in [2.05, 4.69) is 69.6 Å². The topological polar surface area (TPSA) is 36.9 Å². The Balaban J connectivity index is 1.89. The van der Waals surface area contributed by atoms with Crippen molar-refractivity contribution < 1.29 is 9.30 Å². The zero-order valence-electron chi connectivity index (χ0n) is 18.1. The number of aromatic nitrogens is 1. The third-order valence-electron chi connectivity index (χ3n) is 6.26. The maximum absolute atomic E-state index is 9.32. The molecule has 0 amide bonds. The average molecular weight is 394 g/mol. The number of ether oxygens (including phenoxy) is 1. The number of nitriles is 1. The van der Waals surface area contributed by atoms with Crippen molar-refractivity contribution in [2.75, 3.05) is 0 Å². The van der Waals surface area contributed by atoms with Crippen LogP contribution in [0.2, 0.25) is 0 Å². The highest BCUT2D eigenvalue weighted by Gasteiger charge is 2.31. The second kappa shape index (κ2) is 6.57. The van der Waals surface area contributed by atoms with Gasteiger partial charge in [-0.3, -0.25) is 0 Å². The van der Waals surface area contributed by atoms with E-state index in [0.29, 0.717) is 11.5 Å². The molecule has 0 spiro atoms. The van der Waals surface area contributed by atoms with Crippen molar-refractivity contribution in [2.45, 2.75) is 34.1 Å². The van der Waals surface area contributed by atoms with Crippen LogP contribution in [0.3, 0.4) is 0 Å². The Morgan fingerprint density at radius 2 is 1.80 bits per heavy atom. The fourth-order valence-electron chi connectivity index (χ4n) is 4.80. The molecule has 0 aliphatic carbocycles. The zero-order chi connectivity index (χ0) is 21.2. The summed E-state index contributed by atoms with van der Waals surface area (Å²) in [6.07, 6.45) is 1.03. The van der Waals surface area contributed by atoms with E-state index in [1.165, 1.54) is 33.0 Å². The van der Waals surface area contributed by atoms with E-state index in [-0.39, 0.29) is 0 Å². The molecule has 30 heavy (non-hydrogen) atoms. The van der Waals surface area contributed by atoms with Crippen LogP contribution >= 0.6 is 0 Å². The summed E-state index contributed by atoms with van der Waals surface area (Å²) in [5.41, 5.74) is 7.99. The van der Waals surface area contributed by atoms with E-state index >= 15 is 0 Å². The average Bonchev–Trinajstić information content (AvgIpc) is 2.70. The van der Waals surface area contributed by atoms with Gasteiger partial charge in [-0.05, 0) is 66.5 Å². The van der Waals surface area contributed by atoms with Crippen molar-refractivity contribution in [2.24, 2.45) is 13.0 Å². The summed E-state index contributed by atoms with van der Waals surface area (Å²) in [4.78, 5) is 0. The first-order valence-electron chi connectivity index (χ1n) is 10.5. The number of fused-ring (bicyclic) bond motifs is 3. The molecule has 0 saturated carbocycles. The molecule has 3 nitrogen and oxygen atoms in total. The molecule has 3 aromatic carbocycles. The molecule has 0 fully saturated rings. The van der Waals surface area contributed by atoms with Gasteiger partial charge in [-0.1, -0.05) is 26.0 Å². The van der Waals surface area contributed by atoms with Gasteiger partial charge >= 0.3 is 0 Å². The highest BCUT2D eigenvalue weighted by atomic mass is 16.5. The molecule has 0 atom stereocenters. The molecular weight excluding hydrogens is 368 g/mol. The van der Waals surface area contributed by atoms with Crippen LogP contribution in [-0.2, 0) is 13.5 Å². The first-order chi connectivity index (χ1) is 14.4. The zero-order valence-corrected chi connectivity index (χ0v) is 18.1. The van der Waals surface area contributed by atoms with Crippen molar-refractivity contribution >= 4 is 21.7 Å².